The predicted molar refractivity (Wildman–Crippen MR) is 135 cm³/mol. The second-order valence-electron chi connectivity index (χ2n) is 9.98. The number of rotatable bonds is 7. The number of benzene rings is 2. The fraction of sp³-hybridized carbons (Fsp3) is 0.444. The largest absolute Gasteiger partial charge is 0.573 e. The Bertz CT molecular complexity index is 1250. The molecule has 0 saturated heterocycles. The molecule has 2 fully saturated rings. The van der Waals surface area contributed by atoms with Crippen molar-refractivity contribution >= 4 is 39.4 Å². The molecular formula is C27H26BrF3N2O5. The van der Waals surface area contributed by atoms with Crippen molar-refractivity contribution in [2.45, 2.75) is 69.4 Å². The van der Waals surface area contributed by atoms with Crippen LogP contribution in [0.2, 0.25) is 0 Å². The molecule has 3 aliphatic rings. The van der Waals surface area contributed by atoms with Crippen LogP contribution in [0.25, 0.3) is 0 Å². The van der Waals surface area contributed by atoms with Crippen molar-refractivity contribution in [1.82, 2.24) is 4.90 Å². The van der Waals surface area contributed by atoms with Crippen LogP contribution >= 0.6 is 15.9 Å². The fourth-order valence-electron chi connectivity index (χ4n) is 5.88. The van der Waals surface area contributed by atoms with Gasteiger partial charge in [0, 0.05) is 40.1 Å². The van der Waals surface area contributed by atoms with Crippen molar-refractivity contribution < 1.29 is 37.4 Å². The number of carbonyl (C=O) groups is 3. The maximum Gasteiger partial charge on any atom is 0.573 e. The summed E-state index contributed by atoms with van der Waals surface area (Å²) >= 11 is 3.52. The summed E-state index contributed by atoms with van der Waals surface area (Å²) < 4.78 is 42.5. The molecule has 0 bridgehead atoms. The molecule has 11 heteroatoms. The van der Waals surface area contributed by atoms with Crippen LogP contribution in [0.15, 0.2) is 46.9 Å². The molecule has 2 amide bonds. The summed E-state index contributed by atoms with van der Waals surface area (Å²) in [6, 6.07) is 9.99. The molecular weight excluding hydrogens is 569 g/mol. The Hall–Kier alpha value is -3.08. The summed E-state index contributed by atoms with van der Waals surface area (Å²) in [5.74, 6) is -2.02. The van der Waals surface area contributed by atoms with Gasteiger partial charge in [-0.15, -0.1) is 13.2 Å². The van der Waals surface area contributed by atoms with Gasteiger partial charge in [-0.1, -0.05) is 22.4 Å². The highest BCUT2D eigenvalue weighted by Crippen LogP contribution is 2.53. The second-order valence-corrected chi connectivity index (χ2v) is 10.9. The van der Waals surface area contributed by atoms with E-state index >= 15 is 0 Å². The minimum Gasteiger partial charge on any atom is -0.481 e. The highest BCUT2D eigenvalue weighted by Gasteiger charge is 2.51. The van der Waals surface area contributed by atoms with Gasteiger partial charge in [-0.3, -0.25) is 14.4 Å². The van der Waals surface area contributed by atoms with E-state index in [9.17, 15) is 27.6 Å². The lowest BCUT2D eigenvalue weighted by molar-refractivity contribution is -0.274. The number of carboxylic acid groups (broad SMARTS) is 1. The smallest absolute Gasteiger partial charge is 0.481 e. The summed E-state index contributed by atoms with van der Waals surface area (Å²) in [6.07, 6.45) is -1.09. The van der Waals surface area contributed by atoms with Crippen LogP contribution in [0.4, 0.5) is 18.9 Å². The summed E-state index contributed by atoms with van der Waals surface area (Å²) in [5.41, 5.74) is 1.69. The van der Waals surface area contributed by atoms with Crippen molar-refractivity contribution in [3.63, 3.8) is 0 Å². The molecule has 1 N–H and O–H groups in total. The molecule has 0 aromatic heterocycles. The first-order chi connectivity index (χ1) is 18.0. The number of carboxylic acids is 1. The number of halogens is 4. The number of carbonyl (C=O) groups excluding carboxylic acids is 2. The Morgan fingerprint density at radius 1 is 1.03 bits per heavy atom. The van der Waals surface area contributed by atoms with Gasteiger partial charge in [0.15, 0.2) is 0 Å². The van der Waals surface area contributed by atoms with Crippen LogP contribution in [0.1, 0.15) is 66.9 Å². The zero-order chi connectivity index (χ0) is 27.2. The maximum atomic E-state index is 13.8. The van der Waals surface area contributed by atoms with Gasteiger partial charge in [-0.25, -0.2) is 0 Å². The average molecular weight is 595 g/mol. The minimum atomic E-state index is -4.83. The molecule has 0 unspecified atom stereocenters. The van der Waals surface area contributed by atoms with Gasteiger partial charge in [0.1, 0.15) is 5.75 Å². The summed E-state index contributed by atoms with van der Waals surface area (Å²) in [6.45, 7) is 0. The fourth-order valence-corrected chi connectivity index (χ4v) is 6.26. The van der Waals surface area contributed by atoms with Gasteiger partial charge >= 0.3 is 12.3 Å². The highest BCUT2D eigenvalue weighted by atomic mass is 79.9. The summed E-state index contributed by atoms with van der Waals surface area (Å²) in [4.78, 5) is 41.9. The Balaban J connectivity index is 1.52. The average Bonchev–Trinajstić information content (AvgIpc) is 3.57. The lowest BCUT2D eigenvalue weighted by atomic mass is 9.81. The van der Waals surface area contributed by atoms with E-state index in [0.717, 1.165) is 54.3 Å². The Labute approximate surface area is 225 Å². The zero-order valence-corrected chi connectivity index (χ0v) is 21.9. The quantitative estimate of drug-likeness (QED) is 0.420. The van der Waals surface area contributed by atoms with Crippen LogP contribution < -0.4 is 9.64 Å². The standard InChI is InChI=1S/C27H26BrF3N2O5/c28-16-6-11-22-20(14-16)25(32(17-7-8-17)23(34)12-13-24(35)36)19-2-1-3-21(19)33(22)26(37)15-4-9-18(10-5-15)38-27(29,30)31/h4-6,9-11,14,17,19,21,25H,1-3,7-8,12-13H2,(H,35,36)/t19-,21+,25+/m0/s1. The van der Waals surface area contributed by atoms with E-state index in [0.29, 0.717) is 5.69 Å². The molecule has 1 aliphatic heterocycles. The zero-order valence-electron chi connectivity index (χ0n) is 20.3. The van der Waals surface area contributed by atoms with Crippen LogP contribution in [0.3, 0.4) is 0 Å². The third-order valence-corrected chi connectivity index (χ3v) is 7.96. The van der Waals surface area contributed by atoms with E-state index in [1.54, 1.807) is 4.90 Å². The van der Waals surface area contributed by atoms with Crippen LogP contribution in [-0.4, -0.2) is 46.2 Å². The van der Waals surface area contributed by atoms with E-state index in [1.807, 2.05) is 23.1 Å². The topological polar surface area (TPSA) is 87.2 Å². The predicted octanol–water partition coefficient (Wildman–Crippen LogP) is 6.07. The molecule has 1 heterocycles. The van der Waals surface area contributed by atoms with Crippen molar-refractivity contribution in [3.8, 4) is 5.75 Å². The molecule has 0 radical (unpaired) electrons. The van der Waals surface area contributed by atoms with Gasteiger partial charge in [0.2, 0.25) is 5.91 Å². The maximum absolute atomic E-state index is 13.8. The first-order valence-corrected chi connectivity index (χ1v) is 13.3. The first kappa shape index (κ1) is 26.5. The Kier molecular flexibility index (Phi) is 7.15. The van der Waals surface area contributed by atoms with Crippen LogP contribution in [-0.2, 0) is 9.59 Å². The van der Waals surface area contributed by atoms with Gasteiger partial charge in [-0.05, 0) is 73.7 Å². The SMILES string of the molecule is O=C(O)CCC(=O)N(C1CC1)[C@H]1c2cc(Br)ccc2N(C(=O)c2ccc(OC(F)(F)F)cc2)[C@@H]2CCC[C@@H]21. The number of ether oxygens (including phenoxy) is 1. The third kappa shape index (κ3) is 5.39. The monoisotopic (exact) mass is 594 g/mol. The van der Waals surface area contributed by atoms with Crippen LogP contribution in [0.5, 0.6) is 5.75 Å². The van der Waals surface area contributed by atoms with E-state index in [4.69, 9.17) is 5.11 Å². The van der Waals surface area contributed by atoms with Crippen molar-refractivity contribution in [3.05, 3.63) is 58.1 Å². The molecule has 2 aromatic carbocycles. The number of amides is 2. The number of fused-ring (bicyclic) bond motifs is 2. The van der Waals surface area contributed by atoms with Gasteiger partial charge in [0.25, 0.3) is 5.91 Å². The first-order valence-electron chi connectivity index (χ1n) is 12.6. The number of anilines is 1. The van der Waals surface area contributed by atoms with Gasteiger partial charge in [-0.2, -0.15) is 0 Å². The molecule has 3 atom stereocenters. The van der Waals surface area contributed by atoms with E-state index in [1.165, 1.54) is 12.1 Å². The number of hydrogen-bond acceptors (Lipinski definition) is 4. The molecule has 2 aromatic rings. The molecule has 0 spiro atoms. The van der Waals surface area contributed by atoms with Crippen molar-refractivity contribution in [1.29, 1.82) is 0 Å². The van der Waals surface area contributed by atoms with Crippen molar-refractivity contribution in [2.75, 3.05) is 4.90 Å². The normalized spacial score (nSPS) is 22.4. The summed E-state index contributed by atoms with van der Waals surface area (Å²) in [7, 11) is 0. The Morgan fingerprint density at radius 2 is 1.74 bits per heavy atom. The second kappa shape index (κ2) is 10.2. The third-order valence-electron chi connectivity index (χ3n) is 7.47. The van der Waals surface area contributed by atoms with Crippen LogP contribution in [0, 0.1) is 5.92 Å². The van der Waals surface area contributed by atoms with E-state index in [-0.39, 0.29) is 54.3 Å². The molecule has 202 valence electrons. The number of nitrogens with zero attached hydrogens (tertiary/aromatic N) is 2. The lowest BCUT2D eigenvalue weighted by Gasteiger charge is -2.48. The number of alkyl halides is 3. The molecule has 2 aliphatic carbocycles. The molecule has 2 saturated carbocycles. The molecule has 38 heavy (non-hydrogen) atoms. The number of hydrogen-bond donors (Lipinski definition) is 1. The van der Waals surface area contributed by atoms with Gasteiger partial charge in [0.05, 0.1) is 12.5 Å². The number of aliphatic carboxylic acids is 1. The Morgan fingerprint density at radius 3 is 2.37 bits per heavy atom. The molecule has 5 rings (SSSR count). The minimum absolute atomic E-state index is 0.0396. The lowest BCUT2D eigenvalue weighted by Crippen LogP contribution is -2.53. The van der Waals surface area contributed by atoms with E-state index < -0.39 is 18.1 Å². The van der Waals surface area contributed by atoms with E-state index in [2.05, 4.69) is 20.7 Å². The summed E-state index contributed by atoms with van der Waals surface area (Å²) in [5, 5.41) is 9.15. The van der Waals surface area contributed by atoms with Gasteiger partial charge < -0.3 is 19.6 Å². The highest BCUT2D eigenvalue weighted by molar-refractivity contribution is 9.10. The molecule has 7 nitrogen and oxygen atoms in total. The van der Waals surface area contributed by atoms with Crippen molar-refractivity contribution in [2.24, 2.45) is 5.92 Å².